The lowest BCUT2D eigenvalue weighted by atomic mass is 10.2. The molecule has 7 heteroatoms. The molecular formula is C19H15ClN2O3S. The summed E-state index contributed by atoms with van der Waals surface area (Å²) in [4.78, 5) is 28.3. The topological polar surface area (TPSA) is 68.3 Å². The Kier molecular flexibility index (Phi) is 5.65. The van der Waals surface area contributed by atoms with Crippen LogP contribution in [0.4, 0.5) is 5.69 Å². The molecule has 26 heavy (non-hydrogen) atoms. The number of nitrogens with one attached hydrogen (secondary N) is 1. The summed E-state index contributed by atoms with van der Waals surface area (Å²) in [5.41, 5.74) is 2.44. The average molecular weight is 387 g/mol. The Balaban J connectivity index is 1.58. The number of hydrogen-bond donors (Lipinski definition) is 1. The highest BCUT2D eigenvalue weighted by molar-refractivity contribution is 7.13. The molecule has 1 N–H and O–H groups in total. The van der Waals surface area contributed by atoms with Gasteiger partial charge in [0.15, 0.2) is 12.3 Å². The minimum absolute atomic E-state index is 0.181. The molecule has 0 fully saturated rings. The molecule has 0 saturated heterocycles. The minimum Gasteiger partial charge on any atom is -0.451 e. The van der Waals surface area contributed by atoms with E-state index in [1.165, 1.54) is 11.3 Å². The zero-order valence-corrected chi connectivity index (χ0v) is 15.4. The summed E-state index contributed by atoms with van der Waals surface area (Å²) in [6.45, 7) is 1.40. The maximum Gasteiger partial charge on any atom is 0.358 e. The van der Waals surface area contributed by atoms with Gasteiger partial charge >= 0.3 is 5.97 Å². The fourth-order valence-electron chi connectivity index (χ4n) is 2.22. The molecule has 0 spiro atoms. The number of amides is 1. The molecule has 132 valence electrons. The predicted octanol–water partition coefficient (Wildman–Crippen LogP) is 4.57. The Hall–Kier alpha value is -2.70. The molecule has 1 aromatic heterocycles. The molecule has 0 aliphatic carbocycles. The van der Waals surface area contributed by atoms with E-state index in [-0.39, 0.29) is 5.69 Å². The Morgan fingerprint density at radius 1 is 1.15 bits per heavy atom. The number of benzene rings is 2. The van der Waals surface area contributed by atoms with Gasteiger partial charge in [-0.05, 0) is 24.6 Å². The van der Waals surface area contributed by atoms with E-state index >= 15 is 0 Å². The molecule has 3 aromatic rings. The molecule has 0 atom stereocenters. The van der Waals surface area contributed by atoms with Crippen LogP contribution in [0.5, 0.6) is 0 Å². The van der Waals surface area contributed by atoms with E-state index in [9.17, 15) is 9.59 Å². The second-order valence-corrected chi connectivity index (χ2v) is 6.71. The fourth-order valence-corrected chi connectivity index (χ4v) is 3.18. The van der Waals surface area contributed by atoms with Crippen molar-refractivity contribution >= 4 is 40.5 Å². The first kappa shape index (κ1) is 18.1. The molecule has 0 aliphatic rings. The van der Waals surface area contributed by atoms with Gasteiger partial charge in [-0.1, -0.05) is 48.0 Å². The molecule has 0 saturated carbocycles. The van der Waals surface area contributed by atoms with Crippen molar-refractivity contribution in [3.8, 4) is 10.6 Å². The molecule has 0 radical (unpaired) electrons. The molecule has 0 bridgehead atoms. The van der Waals surface area contributed by atoms with Crippen LogP contribution in [-0.2, 0) is 9.53 Å². The zero-order valence-electron chi connectivity index (χ0n) is 13.9. The van der Waals surface area contributed by atoms with Gasteiger partial charge in [-0.3, -0.25) is 4.79 Å². The average Bonchev–Trinajstić information content (AvgIpc) is 3.14. The van der Waals surface area contributed by atoms with Crippen LogP contribution in [0.15, 0.2) is 53.9 Å². The van der Waals surface area contributed by atoms with Gasteiger partial charge in [0.25, 0.3) is 5.91 Å². The van der Waals surface area contributed by atoms with Crippen LogP contribution >= 0.6 is 22.9 Å². The lowest BCUT2D eigenvalue weighted by Gasteiger charge is -2.09. The fraction of sp³-hybridized carbons (Fsp3) is 0.105. The number of hydrogen-bond acceptors (Lipinski definition) is 5. The number of anilines is 1. The summed E-state index contributed by atoms with van der Waals surface area (Å²) >= 11 is 7.36. The Morgan fingerprint density at radius 3 is 2.69 bits per heavy atom. The van der Waals surface area contributed by atoms with Crippen molar-refractivity contribution in [3.05, 3.63) is 70.2 Å². The first-order valence-corrected chi connectivity index (χ1v) is 9.03. The monoisotopic (exact) mass is 386 g/mol. The molecule has 0 aliphatic heterocycles. The van der Waals surface area contributed by atoms with Gasteiger partial charge < -0.3 is 10.1 Å². The second-order valence-electron chi connectivity index (χ2n) is 5.44. The van der Waals surface area contributed by atoms with Gasteiger partial charge in [0, 0.05) is 21.7 Å². The summed E-state index contributed by atoms with van der Waals surface area (Å²) < 4.78 is 5.04. The zero-order chi connectivity index (χ0) is 18.5. The Labute approximate surface area is 159 Å². The normalized spacial score (nSPS) is 10.4. The number of thiazole rings is 1. The number of esters is 1. The lowest BCUT2D eigenvalue weighted by molar-refractivity contribution is -0.119. The van der Waals surface area contributed by atoms with Crippen molar-refractivity contribution in [1.82, 2.24) is 4.98 Å². The van der Waals surface area contributed by atoms with Crippen molar-refractivity contribution in [1.29, 1.82) is 0 Å². The minimum atomic E-state index is -0.638. The summed E-state index contributed by atoms with van der Waals surface area (Å²) in [7, 11) is 0. The Morgan fingerprint density at radius 2 is 1.92 bits per heavy atom. The molecule has 5 nitrogen and oxygen atoms in total. The van der Waals surface area contributed by atoms with E-state index in [4.69, 9.17) is 16.3 Å². The third kappa shape index (κ3) is 4.28. The highest BCUT2D eigenvalue weighted by Gasteiger charge is 2.15. The standard InChI is InChI=1S/C19H15ClN2O3S/c1-12-14(20)8-5-9-15(12)21-17(23)10-25-19(24)16-11-26-18(22-16)13-6-3-2-4-7-13/h2-9,11H,10H2,1H3,(H,21,23). The summed E-state index contributed by atoms with van der Waals surface area (Å²) in [6.07, 6.45) is 0. The van der Waals surface area contributed by atoms with Crippen LogP contribution in [0.2, 0.25) is 5.02 Å². The maximum absolute atomic E-state index is 12.1. The number of ether oxygens (including phenoxy) is 1. The van der Waals surface area contributed by atoms with Crippen molar-refractivity contribution in [3.63, 3.8) is 0 Å². The van der Waals surface area contributed by atoms with E-state index < -0.39 is 18.5 Å². The number of aromatic nitrogens is 1. The quantitative estimate of drug-likeness (QED) is 0.652. The van der Waals surface area contributed by atoms with Gasteiger partial charge in [-0.2, -0.15) is 0 Å². The number of rotatable bonds is 5. The van der Waals surface area contributed by atoms with Crippen molar-refractivity contribution in [2.24, 2.45) is 0 Å². The van der Waals surface area contributed by atoms with Crippen LogP contribution < -0.4 is 5.32 Å². The summed E-state index contributed by atoms with van der Waals surface area (Å²) in [6, 6.07) is 14.7. The van der Waals surface area contributed by atoms with E-state index in [2.05, 4.69) is 10.3 Å². The van der Waals surface area contributed by atoms with Crippen LogP contribution in [0, 0.1) is 6.92 Å². The highest BCUT2D eigenvalue weighted by Crippen LogP contribution is 2.24. The number of nitrogens with zero attached hydrogens (tertiary/aromatic N) is 1. The van der Waals surface area contributed by atoms with E-state index in [0.29, 0.717) is 10.7 Å². The third-order valence-electron chi connectivity index (χ3n) is 3.61. The van der Waals surface area contributed by atoms with Crippen LogP contribution in [0.1, 0.15) is 16.1 Å². The third-order valence-corrected chi connectivity index (χ3v) is 4.91. The first-order chi connectivity index (χ1) is 12.5. The van der Waals surface area contributed by atoms with Gasteiger partial charge in [0.2, 0.25) is 0 Å². The van der Waals surface area contributed by atoms with Crippen molar-refractivity contribution in [2.45, 2.75) is 6.92 Å². The van der Waals surface area contributed by atoms with Crippen LogP contribution in [-0.4, -0.2) is 23.5 Å². The predicted molar refractivity (Wildman–Crippen MR) is 103 cm³/mol. The SMILES string of the molecule is Cc1c(Cl)cccc1NC(=O)COC(=O)c1csc(-c2ccccc2)n1. The van der Waals surface area contributed by atoms with E-state index in [1.807, 2.05) is 30.3 Å². The van der Waals surface area contributed by atoms with Crippen molar-refractivity contribution in [2.75, 3.05) is 11.9 Å². The number of carbonyl (C=O) groups is 2. The van der Waals surface area contributed by atoms with Crippen LogP contribution in [0.25, 0.3) is 10.6 Å². The molecule has 3 rings (SSSR count). The maximum atomic E-state index is 12.1. The highest BCUT2D eigenvalue weighted by atomic mass is 35.5. The van der Waals surface area contributed by atoms with E-state index in [0.717, 1.165) is 16.1 Å². The molecule has 1 heterocycles. The van der Waals surface area contributed by atoms with Gasteiger partial charge in [0.1, 0.15) is 5.01 Å². The first-order valence-electron chi connectivity index (χ1n) is 7.77. The number of carbonyl (C=O) groups excluding carboxylic acids is 2. The molecule has 0 unspecified atom stereocenters. The summed E-state index contributed by atoms with van der Waals surface area (Å²) in [5.74, 6) is -1.08. The van der Waals surface area contributed by atoms with Gasteiger partial charge in [0.05, 0.1) is 0 Å². The summed E-state index contributed by atoms with van der Waals surface area (Å²) in [5, 5.41) is 5.56. The lowest BCUT2D eigenvalue weighted by Crippen LogP contribution is -2.21. The van der Waals surface area contributed by atoms with E-state index in [1.54, 1.807) is 30.5 Å². The smallest absolute Gasteiger partial charge is 0.358 e. The van der Waals surface area contributed by atoms with Crippen LogP contribution in [0.3, 0.4) is 0 Å². The van der Waals surface area contributed by atoms with Gasteiger partial charge in [-0.25, -0.2) is 9.78 Å². The molecule has 2 aromatic carbocycles. The van der Waals surface area contributed by atoms with Crippen molar-refractivity contribution < 1.29 is 14.3 Å². The van der Waals surface area contributed by atoms with Gasteiger partial charge in [-0.15, -0.1) is 11.3 Å². The molecular weight excluding hydrogens is 372 g/mol. The largest absolute Gasteiger partial charge is 0.451 e. The second kappa shape index (κ2) is 8.12. The Bertz CT molecular complexity index is 941. The molecule has 1 amide bonds. The number of halogens is 1.